The second kappa shape index (κ2) is 4.25. The van der Waals surface area contributed by atoms with E-state index in [9.17, 15) is 18.3 Å². The molecule has 90 valence electrons. The smallest absolute Gasteiger partial charge is 0.416 e. The molecule has 1 aromatic carbocycles. The van der Waals surface area contributed by atoms with Crippen LogP contribution in [0.1, 0.15) is 22.8 Å². The minimum Gasteiger partial charge on any atom is -0.472 e. The van der Waals surface area contributed by atoms with Gasteiger partial charge in [0, 0.05) is 5.56 Å². The molecule has 1 aromatic heterocycles. The van der Waals surface area contributed by atoms with E-state index in [1.165, 1.54) is 30.7 Å². The Hall–Kier alpha value is -1.75. The van der Waals surface area contributed by atoms with Crippen molar-refractivity contribution in [2.24, 2.45) is 0 Å². The summed E-state index contributed by atoms with van der Waals surface area (Å²) in [6.45, 7) is 0. The topological polar surface area (TPSA) is 33.4 Å². The van der Waals surface area contributed by atoms with Gasteiger partial charge in [0.05, 0.1) is 18.1 Å². The fourth-order valence-corrected chi connectivity index (χ4v) is 1.51. The average molecular weight is 242 g/mol. The first kappa shape index (κ1) is 11.7. The number of halogens is 3. The number of aliphatic hydroxyl groups excluding tert-OH is 1. The molecule has 0 bridgehead atoms. The predicted octanol–water partition coefficient (Wildman–Crippen LogP) is 3.38. The lowest BCUT2D eigenvalue weighted by Crippen LogP contribution is -2.07. The normalized spacial score (nSPS) is 13.6. The summed E-state index contributed by atoms with van der Waals surface area (Å²) in [7, 11) is 0. The minimum atomic E-state index is -4.41. The summed E-state index contributed by atoms with van der Waals surface area (Å²) in [5.41, 5.74) is -0.178. The van der Waals surface area contributed by atoms with Crippen molar-refractivity contribution in [1.82, 2.24) is 0 Å². The maximum absolute atomic E-state index is 12.5. The van der Waals surface area contributed by atoms with E-state index in [0.717, 1.165) is 12.1 Å². The molecule has 0 aliphatic carbocycles. The van der Waals surface area contributed by atoms with Gasteiger partial charge in [0.2, 0.25) is 0 Å². The SMILES string of the molecule is OC(c1ccoc1)c1cccc(C(F)(F)F)c1. The van der Waals surface area contributed by atoms with Crippen LogP contribution in [0.3, 0.4) is 0 Å². The first-order valence-electron chi connectivity index (χ1n) is 4.86. The van der Waals surface area contributed by atoms with Gasteiger partial charge in [-0.15, -0.1) is 0 Å². The first-order valence-corrected chi connectivity index (χ1v) is 4.86. The lowest BCUT2D eigenvalue weighted by Gasteiger charge is -2.12. The highest BCUT2D eigenvalue weighted by Crippen LogP contribution is 2.32. The molecule has 2 rings (SSSR count). The fraction of sp³-hybridized carbons (Fsp3) is 0.167. The molecule has 1 unspecified atom stereocenters. The van der Waals surface area contributed by atoms with Gasteiger partial charge in [-0.3, -0.25) is 0 Å². The molecule has 0 amide bonds. The van der Waals surface area contributed by atoms with Crippen molar-refractivity contribution in [2.75, 3.05) is 0 Å². The average Bonchev–Trinajstić information content (AvgIpc) is 2.80. The maximum Gasteiger partial charge on any atom is 0.416 e. The molecule has 2 aromatic rings. The maximum atomic E-state index is 12.5. The van der Waals surface area contributed by atoms with Gasteiger partial charge in [0.15, 0.2) is 0 Å². The van der Waals surface area contributed by atoms with Gasteiger partial charge in [-0.1, -0.05) is 12.1 Å². The van der Waals surface area contributed by atoms with Gasteiger partial charge in [-0.25, -0.2) is 0 Å². The van der Waals surface area contributed by atoms with Gasteiger partial charge >= 0.3 is 6.18 Å². The van der Waals surface area contributed by atoms with Crippen LogP contribution < -0.4 is 0 Å². The summed E-state index contributed by atoms with van der Waals surface area (Å²) in [6.07, 6.45) is -2.88. The Balaban J connectivity index is 2.34. The standard InChI is InChI=1S/C12H9F3O2/c13-12(14,15)10-3-1-2-8(6-10)11(16)9-4-5-17-7-9/h1-7,11,16H. The van der Waals surface area contributed by atoms with Crippen LogP contribution in [0.5, 0.6) is 0 Å². The third-order valence-electron chi connectivity index (χ3n) is 2.39. The van der Waals surface area contributed by atoms with Crippen molar-refractivity contribution in [3.63, 3.8) is 0 Å². The monoisotopic (exact) mass is 242 g/mol. The van der Waals surface area contributed by atoms with E-state index >= 15 is 0 Å². The predicted molar refractivity (Wildman–Crippen MR) is 54.2 cm³/mol. The second-order valence-corrected chi connectivity index (χ2v) is 3.58. The van der Waals surface area contributed by atoms with Crippen LogP contribution in [0.2, 0.25) is 0 Å². The Morgan fingerprint density at radius 1 is 1.12 bits per heavy atom. The molecular formula is C12H9F3O2. The summed E-state index contributed by atoms with van der Waals surface area (Å²) in [6, 6.07) is 6.10. The van der Waals surface area contributed by atoms with Crippen LogP contribution in [0.15, 0.2) is 47.3 Å². The Morgan fingerprint density at radius 3 is 2.47 bits per heavy atom. The second-order valence-electron chi connectivity index (χ2n) is 3.58. The molecule has 0 aliphatic rings. The Kier molecular flexibility index (Phi) is 2.93. The molecule has 1 heterocycles. The summed E-state index contributed by atoms with van der Waals surface area (Å²) in [4.78, 5) is 0. The summed E-state index contributed by atoms with van der Waals surface area (Å²) >= 11 is 0. The number of furan rings is 1. The molecule has 0 saturated carbocycles. The van der Waals surface area contributed by atoms with Gasteiger partial charge in [0.25, 0.3) is 0 Å². The molecule has 0 fully saturated rings. The number of aliphatic hydroxyl groups is 1. The minimum absolute atomic E-state index is 0.182. The van der Waals surface area contributed by atoms with E-state index in [2.05, 4.69) is 0 Å². The van der Waals surface area contributed by atoms with E-state index in [-0.39, 0.29) is 5.56 Å². The van der Waals surface area contributed by atoms with Crippen molar-refractivity contribution >= 4 is 0 Å². The zero-order valence-electron chi connectivity index (χ0n) is 8.61. The molecule has 0 radical (unpaired) electrons. The van der Waals surface area contributed by atoms with Crippen LogP contribution in [-0.4, -0.2) is 5.11 Å². The van der Waals surface area contributed by atoms with Crippen molar-refractivity contribution in [3.05, 3.63) is 59.5 Å². The Bertz CT molecular complexity index is 489. The largest absolute Gasteiger partial charge is 0.472 e. The molecule has 0 saturated heterocycles. The van der Waals surface area contributed by atoms with Crippen molar-refractivity contribution in [3.8, 4) is 0 Å². The van der Waals surface area contributed by atoms with E-state index < -0.39 is 17.8 Å². The fourth-order valence-electron chi connectivity index (χ4n) is 1.51. The highest BCUT2D eigenvalue weighted by Gasteiger charge is 2.31. The van der Waals surface area contributed by atoms with E-state index in [4.69, 9.17) is 4.42 Å². The highest BCUT2D eigenvalue weighted by molar-refractivity contribution is 5.32. The van der Waals surface area contributed by atoms with Crippen molar-refractivity contribution in [1.29, 1.82) is 0 Å². The van der Waals surface area contributed by atoms with E-state index in [0.29, 0.717) is 5.56 Å². The Morgan fingerprint density at radius 2 is 1.88 bits per heavy atom. The van der Waals surface area contributed by atoms with Crippen molar-refractivity contribution < 1.29 is 22.7 Å². The summed E-state index contributed by atoms with van der Waals surface area (Å²) < 4.78 is 42.2. The molecule has 5 heteroatoms. The lowest BCUT2D eigenvalue weighted by atomic mass is 10.0. The van der Waals surface area contributed by atoms with E-state index in [1.54, 1.807) is 0 Å². The van der Waals surface area contributed by atoms with Crippen molar-refractivity contribution in [2.45, 2.75) is 12.3 Å². The van der Waals surface area contributed by atoms with Gasteiger partial charge in [0.1, 0.15) is 6.10 Å². The molecule has 17 heavy (non-hydrogen) atoms. The molecule has 1 atom stereocenters. The Labute approximate surface area is 95.3 Å². The highest BCUT2D eigenvalue weighted by atomic mass is 19.4. The quantitative estimate of drug-likeness (QED) is 0.875. The molecule has 1 N–H and O–H groups in total. The number of hydrogen-bond acceptors (Lipinski definition) is 2. The zero-order valence-corrected chi connectivity index (χ0v) is 8.61. The molecular weight excluding hydrogens is 233 g/mol. The van der Waals surface area contributed by atoms with Crippen LogP contribution in [-0.2, 0) is 6.18 Å². The van der Waals surface area contributed by atoms with Gasteiger partial charge < -0.3 is 9.52 Å². The summed E-state index contributed by atoms with van der Waals surface area (Å²) in [5, 5.41) is 9.84. The number of benzene rings is 1. The zero-order chi connectivity index (χ0) is 12.5. The number of rotatable bonds is 2. The van der Waals surface area contributed by atoms with Crippen LogP contribution in [0.25, 0.3) is 0 Å². The van der Waals surface area contributed by atoms with Crippen LogP contribution in [0, 0.1) is 0 Å². The third kappa shape index (κ3) is 2.50. The van der Waals surface area contributed by atoms with Gasteiger partial charge in [-0.05, 0) is 23.8 Å². The van der Waals surface area contributed by atoms with Gasteiger partial charge in [-0.2, -0.15) is 13.2 Å². The lowest BCUT2D eigenvalue weighted by molar-refractivity contribution is -0.137. The number of alkyl halides is 3. The first-order chi connectivity index (χ1) is 7.98. The summed E-state index contributed by atoms with van der Waals surface area (Å²) in [5.74, 6) is 0. The molecule has 0 spiro atoms. The molecule has 0 aliphatic heterocycles. The molecule has 2 nitrogen and oxygen atoms in total. The third-order valence-corrected chi connectivity index (χ3v) is 2.39. The van der Waals surface area contributed by atoms with Crippen LogP contribution in [0.4, 0.5) is 13.2 Å². The number of hydrogen-bond donors (Lipinski definition) is 1. The van der Waals surface area contributed by atoms with E-state index in [1.807, 2.05) is 0 Å². The van der Waals surface area contributed by atoms with Crippen LogP contribution >= 0.6 is 0 Å².